The smallest absolute Gasteiger partial charge is 0.259 e. The van der Waals surface area contributed by atoms with Gasteiger partial charge in [-0.15, -0.1) is 0 Å². The Morgan fingerprint density at radius 1 is 1.00 bits per heavy atom. The van der Waals surface area contributed by atoms with Crippen LogP contribution in [-0.2, 0) is 0 Å². The van der Waals surface area contributed by atoms with Gasteiger partial charge in [0.2, 0.25) is 0 Å². The number of benzene rings is 1. The predicted molar refractivity (Wildman–Crippen MR) is 110 cm³/mol. The number of fused-ring (bicyclic) bond motifs is 2. The fourth-order valence-corrected chi connectivity index (χ4v) is 3.62. The summed E-state index contributed by atoms with van der Waals surface area (Å²) < 4.78 is 16.5. The van der Waals surface area contributed by atoms with E-state index in [4.69, 9.17) is 13.4 Å². The highest BCUT2D eigenvalue weighted by molar-refractivity contribution is 6.13. The molecule has 5 rings (SSSR count). The van der Waals surface area contributed by atoms with E-state index in [1.54, 1.807) is 38.1 Å². The van der Waals surface area contributed by atoms with Crippen LogP contribution in [0, 0.1) is 27.7 Å². The van der Waals surface area contributed by atoms with Gasteiger partial charge in [0.05, 0.1) is 22.3 Å². The van der Waals surface area contributed by atoms with Crippen LogP contribution in [0.1, 0.15) is 33.5 Å². The first-order valence-corrected chi connectivity index (χ1v) is 9.42. The van der Waals surface area contributed by atoms with Crippen LogP contribution in [0.4, 0.5) is 5.69 Å². The average molecular weight is 402 g/mol. The predicted octanol–water partition coefficient (Wildman–Crippen LogP) is 5.11. The Morgan fingerprint density at radius 3 is 2.60 bits per heavy atom. The average Bonchev–Trinajstić information content (AvgIpc) is 3.36. The summed E-state index contributed by atoms with van der Waals surface area (Å²) in [5.41, 5.74) is 4.65. The molecule has 0 saturated carbocycles. The van der Waals surface area contributed by atoms with Crippen LogP contribution >= 0.6 is 0 Å². The molecule has 4 heterocycles. The molecule has 5 aromatic rings. The molecule has 8 heteroatoms. The quantitative estimate of drug-likeness (QED) is 0.447. The van der Waals surface area contributed by atoms with Crippen molar-refractivity contribution in [3.8, 4) is 11.3 Å². The number of anilines is 1. The number of pyridine rings is 1. The third-order valence-electron chi connectivity index (χ3n) is 4.93. The second kappa shape index (κ2) is 6.55. The van der Waals surface area contributed by atoms with Gasteiger partial charge in [-0.25, -0.2) is 9.97 Å². The highest BCUT2D eigenvalue weighted by atomic mass is 16.5. The van der Waals surface area contributed by atoms with Crippen LogP contribution in [0.2, 0.25) is 0 Å². The van der Waals surface area contributed by atoms with Gasteiger partial charge >= 0.3 is 0 Å². The van der Waals surface area contributed by atoms with Gasteiger partial charge < -0.3 is 18.7 Å². The first kappa shape index (κ1) is 18.1. The maximum atomic E-state index is 13.2. The highest BCUT2D eigenvalue weighted by Crippen LogP contribution is 2.31. The Morgan fingerprint density at radius 2 is 1.83 bits per heavy atom. The van der Waals surface area contributed by atoms with Gasteiger partial charge in [-0.2, -0.15) is 0 Å². The Kier molecular flexibility index (Phi) is 3.95. The number of hydrogen-bond donors (Lipinski definition) is 1. The Hall–Kier alpha value is -3.94. The van der Waals surface area contributed by atoms with Crippen molar-refractivity contribution in [2.24, 2.45) is 0 Å². The number of carbonyl (C=O) groups excluding carboxylic acids is 1. The number of oxazole rings is 1. The van der Waals surface area contributed by atoms with Gasteiger partial charge in [-0.3, -0.25) is 4.79 Å². The van der Waals surface area contributed by atoms with Gasteiger partial charge in [0.25, 0.3) is 11.6 Å². The molecule has 1 amide bonds. The number of hydrogen-bond acceptors (Lipinski definition) is 7. The number of furan rings is 1. The number of aromatic nitrogens is 3. The fourth-order valence-electron chi connectivity index (χ4n) is 3.62. The van der Waals surface area contributed by atoms with Crippen LogP contribution in [0.3, 0.4) is 0 Å². The SMILES string of the molecule is Cc1cc(-c2cc(C(=O)Nc3ccc4oc(C)nc4c3)c3c(C)noc3n2)c(C)o1. The lowest BCUT2D eigenvalue weighted by atomic mass is 10.1. The second-order valence-electron chi connectivity index (χ2n) is 7.20. The summed E-state index contributed by atoms with van der Waals surface area (Å²) in [6.45, 7) is 7.28. The maximum absolute atomic E-state index is 13.2. The van der Waals surface area contributed by atoms with Crippen molar-refractivity contribution >= 4 is 33.8 Å². The number of carbonyl (C=O) groups is 1. The summed E-state index contributed by atoms with van der Waals surface area (Å²) in [5.74, 6) is 1.75. The highest BCUT2D eigenvalue weighted by Gasteiger charge is 2.21. The minimum absolute atomic E-state index is 0.299. The van der Waals surface area contributed by atoms with Gasteiger partial charge in [0.15, 0.2) is 11.5 Å². The zero-order chi connectivity index (χ0) is 21.0. The van der Waals surface area contributed by atoms with E-state index in [1.165, 1.54) is 0 Å². The van der Waals surface area contributed by atoms with Crippen LogP contribution in [-0.4, -0.2) is 21.0 Å². The minimum Gasteiger partial charge on any atom is -0.466 e. The molecule has 1 aromatic carbocycles. The molecule has 8 nitrogen and oxygen atoms in total. The van der Waals surface area contributed by atoms with E-state index in [1.807, 2.05) is 19.9 Å². The molecular formula is C22H18N4O4. The van der Waals surface area contributed by atoms with E-state index in [0.29, 0.717) is 56.5 Å². The first-order chi connectivity index (χ1) is 14.4. The molecule has 0 spiro atoms. The number of nitrogens with zero attached hydrogens (tertiary/aromatic N) is 3. The van der Waals surface area contributed by atoms with Crippen molar-refractivity contribution in [2.75, 3.05) is 5.32 Å². The lowest BCUT2D eigenvalue weighted by Crippen LogP contribution is -2.13. The summed E-state index contributed by atoms with van der Waals surface area (Å²) in [4.78, 5) is 22.1. The summed E-state index contributed by atoms with van der Waals surface area (Å²) in [6.07, 6.45) is 0. The van der Waals surface area contributed by atoms with Crippen molar-refractivity contribution < 1.29 is 18.2 Å². The van der Waals surface area contributed by atoms with Crippen molar-refractivity contribution in [1.29, 1.82) is 0 Å². The van der Waals surface area contributed by atoms with Crippen LogP contribution in [0.25, 0.3) is 33.5 Å². The molecule has 1 N–H and O–H groups in total. The van der Waals surface area contributed by atoms with E-state index >= 15 is 0 Å². The normalized spacial score (nSPS) is 11.5. The molecule has 0 bridgehead atoms. The Balaban J connectivity index is 1.59. The zero-order valence-corrected chi connectivity index (χ0v) is 16.9. The molecule has 4 aromatic heterocycles. The summed E-state index contributed by atoms with van der Waals surface area (Å²) >= 11 is 0. The second-order valence-corrected chi connectivity index (χ2v) is 7.20. The van der Waals surface area contributed by atoms with E-state index in [2.05, 4.69) is 20.4 Å². The van der Waals surface area contributed by atoms with Crippen LogP contribution in [0.5, 0.6) is 0 Å². The summed E-state index contributed by atoms with van der Waals surface area (Å²) in [6, 6.07) is 8.94. The molecule has 0 unspecified atom stereocenters. The van der Waals surface area contributed by atoms with Gasteiger partial charge in [-0.05, 0) is 51.1 Å². The topological polar surface area (TPSA) is 107 Å². The first-order valence-electron chi connectivity index (χ1n) is 9.42. The van der Waals surface area contributed by atoms with Crippen molar-refractivity contribution in [3.05, 3.63) is 59.0 Å². The summed E-state index contributed by atoms with van der Waals surface area (Å²) in [7, 11) is 0. The number of amides is 1. The maximum Gasteiger partial charge on any atom is 0.259 e. The standard InChI is InChI=1S/C22H18N4O4/c1-10-7-15(12(3)28-10)17-9-16(20-11(2)26-30-22(20)25-17)21(27)24-14-5-6-19-18(8-14)23-13(4)29-19/h5-9H,1-4H3,(H,24,27). The van der Waals surface area contributed by atoms with E-state index < -0.39 is 0 Å². The molecule has 0 aliphatic heterocycles. The molecule has 30 heavy (non-hydrogen) atoms. The molecule has 150 valence electrons. The van der Waals surface area contributed by atoms with Gasteiger partial charge in [-0.1, -0.05) is 5.16 Å². The van der Waals surface area contributed by atoms with E-state index in [0.717, 1.165) is 11.3 Å². The third-order valence-corrected chi connectivity index (χ3v) is 4.93. The monoisotopic (exact) mass is 402 g/mol. The Bertz CT molecular complexity index is 1440. The number of rotatable bonds is 3. The van der Waals surface area contributed by atoms with Crippen LogP contribution in [0.15, 0.2) is 43.7 Å². The molecule has 0 atom stereocenters. The fraction of sp³-hybridized carbons (Fsp3) is 0.182. The molecule has 0 fully saturated rings. The lowest BCUT2D eigenvalue weighted by Gasteiger charge is -2.08. The molecule has 0 aliphatic carbocycles. The minimum atomic E-state index is -0.299. The Labute approximate surface area is 170 Å². The van der Waals surface area contributed by atoms with Gasteiger partial charge in [0, 0.05) is 18.2 Å². The zero-order valence-electron chi connectivity index (χ0n) is 16.9. The third kappa shape index (κ3) is 2.93. The molecule has 0 saturated heterocycles. The largest absolute Gasteiger partial charge is 0.466 e. The number of aryl methyl sites for hydroxylation is 4. The van der Waals surface area contributed by atoms with Gasteiger partial charge in [0.1, 0.15) is 17.0 Å². The van der Waals surface area contributed by atoms with Crippen molar-refractivity contribution in [1.82, 2.24) is 15.1 Å². The summed E-state index contributed by atoms with van der Waals surface area (Å²) in [5, 5.41) is 7.49. The molecular weight excluding hydrogens is 384 g/mol. The van der Waals surface area contributed by atoms with E-state index in [9.17, 15) is 4.79 Å². The van der Waals surface area contributed by atoms with E-state index in [-0.39, 0.29) is 5.91 Å². The van der Waals surface area contributed by atoms with Crippen molar-refractivity contribution in [2.45, 2.75) is 27.7 Å². The lowest BCUT2D eigenvalue weighted by molar-refractivity contribution is 0.102. The molecule has 0 radical (unpaired) electrons. The number of nitrogens with one attached hydrogen (secondary N) is 1. The van der Waals surface area contributed by atoms with Crippen LogP contribution < -0.4 is 5.32 Å². The molecule has 0 aliphatic rings. The van der Waals surface area contributed by atoms with Crippen molar-refractivity contribution in [3.63, 3.8) is 0 Å².